The molecule has 0 radical (unpaired) electrons. The fourth-order valence-electron chi connectivity index (χ4n) is 2.17. The number of thioether (sulfide) groups is 1. The molecule has 0 spiro atoms. The minimum Gasteiger partial charge on any atom is -0.338 e. The number of hydrogen-bond acceptors (Lipinski definition) is 3. The second-order valence-electron chi connectivity index (χ2n) is 5.10. The number of carbonyl (C=O) groups excluding carboxylic acids is 1. The number of rotatable bonds is 6. The molecule has 5 heteroatoms. The summed E-state index contributed by atoms with van der Waals surface area (Å²) in [5.74, 6) is 0.524. The maximum Gasteiger partial charge on any atom is 0.233 e. The smallest absolute Gasteiger partial charge is 0.233 e. The van der Waals surface area contributed by atoms with Gasteiger partial charge >= 0.3 is 0 Å². The molecule has 0 saturated heterocycles. The van der Waals surface area contributed by atoms with Gasteiger partial charge in [0, 0.05) is 20.1 Å². The van der Waals surface area contributed by atoms with E-state index >= 15 is 0 Å². The van der Waals surface area contributed by atoms with E-state index in [1.165, 1.54) is 11.8 Å². The topological polar surface area (TPSA) is 38.1 Å². The molecule has 0 aliphatic heterocycles. The predicted molar refractivity (Wildman–Crippen MR) is 88.5 cm³/mol. The van der Waals surface area contributed by atoms with Gasteiger partial charge in [0.2, 0.25) is 5.91 Å². The largest absolute Gasteiger partial charge is 0.338 e. The standard InChI is InChI=1S/C16H21N3OS/c1-5-19(10-12(2)3)15(20)11-21-16-17-13-8-6-7-9-14(13)18(16)4/h6-9H,2,5,10-11H2,1,3-4H3. The minimum absolute atomic E-state index is 0.123. The van der Waals surface area contributed by atoms with Gasteiger partial charge in [0.1, 0.15) is 0 Å². The molecule has 0 aliphatic carbocycles. The number of benzene rings is 1. The Morgan fingerprint density at radius 2 is 2.14 bits per heavy atom. The van der Waals surface area contributed by atoms with E-state index in [0.717, 1.165) is 21.8 Å². The van der Waals surface area contributed by atoms with E-state index in [9.17, 15) is 4.79 Å². The third-order valence-electron chi connectivity index (χ3n) is 3.27. The van der Waals surface area contributed by atoms with Crippen LogP contribution in [0.1, 0.15) is 13.8 Å². The number of nitrogens with zero attached hydrogens (tertiary/aromatic N) is 3. The van der Waals surface area contributed by atoms with Crippen LogP contribution in [0, 0.1) is 0 Å². The Morgan fingerprint density at radius 1 is 1.43 bits per heavy atom. The highest BCUT2D eigenvalue weighted by molar-refractivity contribution is 7.99. The van der Waals surface area contributed by atoms with Crippen molar-refractivity contribution >= 4 is 28.7 Å². The van der Waals surface area contributed by atoms with Gasteiger partial charge in [0.25, 0.3) is 0 Å². The molecule has 21 heavy (non-hydrogen) atoms. The van der Waals surface area contributed by atoms with Gasteiger partial charge in [-0.3, -0.25) is 4.79 Å². The number of fused-ring (bicyclic) bond motifs is 1. The maximum atomic E-state index is 12.2. The fraction of sp³-hybridized carbons (Fsp3) is 0.375. The van der Waals surface area contributed by atoms with E-state index in [1.54, 1.807) is 0 Å². The number of carbonyl (C=O) groups is 1. The maximum absolute atomic E-state index is 12.2. The first-order chi connectivity index (χ1) is 10.0. The van der Waals surface area contributed by atoms with Crippen LogP contribution >= 0.6 is 11.8 Å². The van der Waals surface area contributed by atoms with Gasteiger partial charge in [-0.1, -0.05) is 36.0 Å². The number of likely N-dealkylation sites (N-methyl/N-ethyl adjacent to an activating group) is 1. The zero-order chi connectivity index (χ0) is 15.4. The predicted octanol–water partition coefficient (Wildman–Crippen LogP) is 3.09. The summed E-state index contributed by atoms with van der Waals surface area (Å²) in [7, 11) is 1.98. The first-order valence-electron chi connectivity index (χ1n) is 6.99. The van der Waals surface area contributed by atoms with Crippen molar-refractivity contribution in [3.8, 4) is 0 Å². The van der Waals surface area contributed by atoms with Crippen LogP contribution in [-0.4, -0.2) is 39.2 Å². The molecule has 112 valence electrons. The van der Waals surface area contributed by atoms with Gasteiger partial charge in [-0.2, -0.15) is 0 Å². The molecule has 1 amide bonds. The van der Waals surface area contributed by atoms with Crippen LogP contribution in [-0.2, 0) is 11.8 Å². The molecular formula is C16H21N3OS. The van der Waals surface area contributed by atoms with Crippen molar-refractivity contribution in [2.24, 2.45) is 7.05 Å². The quantitative estimate of drug-likeness (QED) is 0.608. The number of imidazole rings is 1. The van der Waals surface area contributed by atoms with Crippen LogP contribution in [0.3, 0.4) is 0 Å². The van der Waals surface area contributed by atoms with Crippen LogP contribution < -0.4 is 0 Å². The Kier molecular flexibility index (Phi) is 5.07. The number of aryl methyl sites for hydroxylation is 1. The first-order valence-corrected chi connectivity index (χ1v) is 7.98. The second kappa shape index (κ2) is 6.80. The van der Waals surface area contributed by atoms with Crippen molar-refractivity contribution in [1.29, 1.82) is 0 Å². The average Bonchev–Trinajstić information content (AvgIpc) is 2.79. The summed E-state index contributed by atoms with van der Waals surface area (Å²) >= 11 is 1.48. The molecular weight excluding hydrogens is 282 g/mol. The third kappa shape index (κ3) is 3.67. The molecule has 1 aromatic carbocycles. The molecule has 1 heterocycles. The molecule has 0 saturated carbocycles. The molecule has 4 nitrogen and oxygen atoms in total. The Bertz CT molecular complexity index is 663. The Hall–Kier alpha value is -1.75. The van der Waals surface area contributed by atoms with E-state index in [1.807, 2.05) is 54.6 Å². The highest BCUT2D eigenvalue weighted by Crippen LogP contribution is 2.22. The van der Waals surface area contributed by atoms with Crippen molar-refractivity contribution in [3.63, 3.8) is 0 Å². The van der Waals surface area contributed by atoms with Crippen LogP contribution in [0.4, 0.5) is 0 Å². The Balaban J connectivity index is 2.05. The zero-order valence-corrected chi connectivity index (χ0v) is 13.6. The molecule has 1 aromatic heterocycles. The molecule has 0 atom stereocenters. The van der Waals surface area contributed by atoms with Crippen LogP contribution in [0.2, 0.25) is 0 Å². The van der Waals surface area contributed by atoms with Crippen LogP contribution in [0.15, 0.2) is 41.6 Å². The molecule has 2 aromatic rings. The molecule has 0 N–H and O–H groups in total. The van der Waals surface area contributed by atoms with Crippen molar-refractivity contribution < 1.29 is 4.79 Å². The van der Waals surface area contributed by atoms with Gasteiger partial charge in [0.05, 0.1) is 16.8 Å². The normalized spacial score (nSPS) is 10.8. The monoisotopic (exact) mass is 303 g/mol. The summed E-state index contributed by atoms with van der Waals surface area (Å²) < 4.78 is 2.03. The van der Waals surface area contributed by atoms with Crippen molar-refractivity contribution in [2.45, 2.75) is 19.0 Å². The summed E-state index contributed by atoms with van der Waals surface area (Å²) in [6.07, 6.45) is 0. The molecule has 0 fully saturated rings. The number of aromatic nitrogens is 2. The summed E-state index contributed by atoms with van der Waals surface area (Å²) in [5, 5.41) is 0.871. The molecule has 0 unspecified atom stereocenters. The van der Waals surface area contributed by atoms with Crippen molar-refractivity contribution in [3.05, 3.63) is 36.4 Å². The minimum atomic E-state index is 0.123. The lowest BCUT2D eigenvalue weighted by Crippen LogP contribution is -2.33. The summed E-state index contributed by atoms with van der Waals surface area (Å²) in [5.41, 5.74) is 3.05. The molecule has 0 aliphatic rings. The van der Waals surface area contributed by atoms with Gasteiger partial charge < -0.3 is 9.47 Å². The molecule has 0 bridgehead atoms. The second-order valence-corrected chi connectivity index (χ2v) is 6.04. The summed E-state index contributed by atoms with van der Waals surface area (Å²) in [6, 6.07) is 7.99. The number of amides is 1. The average molecular weight is 303 g/mol. The van der Waals surface area contributed by atoms with Gasteiger partial charge in [-0.15, -0.1) is 0 Å². The van der Waals surface area contributed by atoms with Crippen LogP contribution in [0.25, 0.3) is 11.0 Å². The fourth-order valence-corrected chi connectivity index (χ4v) is 3.06. The SMILES string of the molecule is C=C(C)CN(CC)C(=O)CSc1nc2ccccc2n1C. The lowest BCUT2D eigenvalue weighted by atomic mass is 10.3. The van der Waals surface area contributed by atoms with Gasteiger partial charge in [-0.25, -0.2) is 4.98 Å². The van der Waals surface area contributed by atoms with Crippen LogP contribution in [0.5, 0.6) is 0 Å². The lowest BCUT2D eigenvalue weighted by Gasteiger charge is -2.20. The van der Waals surface area contributed by atoms with E-state index in [2.05, 4.69) is 11.6 Å². The van der Waals surface area contributed by atoms with E-state index in [4.69, 9.17) is 0 Å². The van der Waals surface area contributed by atoms with E-state index in [0.29, 0.717) is 18.8 Å². The summed E-state index contributed by atoms with van der Waals surface area (Å²) in [6.45, 7) is 9.12. The Labute approximate surface area is 129 Å². The third-order valence-corrected chi connectivity index (χ3v) is 4.28. The highest BCUT2D eigenvalue weighted by Gasteiger charge is 2.14. The van der Waals surface area contributed by atoms with Gasteiger partial charge in [-0.05, 0) is 26.0 Å². The zero-order valence-electron chi connectivity index (χ0n) is 12.8. The first kappa shape index (κ1) is 15.6. The summed E-state index contributed by atoms with van der Waals surface area (Å²) in [4.78, 5) is 18.6. The number of para-hydroxylation sites is 2. The van der Waals surface area contributed by atoms with E-state index < -0.39 is 0 Å². The van der Waals surface area contributed by atoms with Gasteiger partial charge in [0.15, 0.2) is 5.16 Å². The van der Waals surface area contributed by atoms with E-state index in [-0.39, 0.29) is 5.91 Å². The Morgan fingerprint density at radius 3 is 2.76 bits per heavy atom. The highest BCUT2D eigenvalue weighted by atomic mass is 32.2. The molecule has 2 rings (SSSR count). The van der Waals surface area contributed by atoms with Crippen molar-refractivity contribution in [2.75, 3.05) is 18.8 Å². The number of hydrogen-bond donors (Lipinski definition) is 0. The lowest BCUT2D eigenvalue weighted by molar-refractivity contribution is -0.127. The van der Waals surface area contributed by atoms with Crippen molar-refractivity contribution in [1.82, 2.24) is 14.5 Å².